The summed E-state index contributed by atoms with van der Waals surface area (Å²) in [7, 11) is 0. The highest BCUT2D eigenvalue weighted by molar-refractivity contribution is 14.1. The topological polar surface area (TPSA) is 20.3 Å². The number of halogens is 2. The molecular formula is C10H9FINO. The van der Waals surface area contributed by atoms with Gasteiger partial charge in [0.2, 0.25) is 5.91 Å². The van der Waals surface area contributed by atoms with Crippen molar-refractivity contribution in [3.8, 4) is 0 Å². The molecule has 0 N–H and O–H groups in total. The summed E-state index contributed by atoms with van der Waals surface area (Å²) in [5, 5.41) is 0. The van der Waals surface area contributed by atoms with Gasteiger partial charge in [0.25, 0.3) is 0 Å². The fourth-order valence-corrected chi connectivity index (χ4v) is 2.37. The Labute approximate surface area is 95.2 Å². The number of nitrogens with zero attached hydrogens (tertiary/aromatic N) is 1. The van der Waals surface area contributed by atoms with Crippen LogP contribution >= 0.6 is 22.6 Å². The zero-order valence-corrected chi connectivity index (χ0v) is 9.62. The van der Waals surface area contributed by atoms with Crippen LogP contribution in [0.5, 0.6) is 0 Å². The van der Waals surface area contributed by atoms with Crippen molar-refractivity contribution in [1.82, 2.24) is 0 Å². The summed E-state index contributed by atoms with van der Waals surface area (Å²) in [6.45, 7) is 0.750. The summed E-state index contributed by atoms with van der Waals surface area (Å²) in [6.07, 6.45) is 1.50. The van der Waals surface area contributed by atoms with E-state index in [2.05, 4.69) is 22.6 Å². The molecule has 0 aliphatic carbocycles. The Kier molecular flexibility index (Phi) is 2.71. The van der Waals surface area contributed by atoms with E-state index in [0.29, 0.717) is 6.42 Å². The quantitative estimate of drug-likeness (QED) is 0.730. The van der Waals surface area contributed by atoms with Crippen LogP contribution in [-0.2, 0) is 4.79 Å². The van der Waals surface area contributed by atoms with Crippen molar-refractivity contribution in [2.45, 2.75) is 12.8 Å². The molecule has 0 spiro atoms. The lowest BCUT2D eigenvalue weighted by Crippen LogP contribution is -2.24. The summed E-state index contributed by atoms with van der Waals surface area (Å²) in [5.74, 6) is -0.126. The van der Waals surface area contributed by atoms with Gasteiger partial charge in [-0.3, -0.25) is 4.79 Å². The number of hydrogen-bond acceptors (Lipinski definition) is 1. The number of benzene rings is 1. The van der Waals surface area contributed by atoms with Gasteiger partial charge in [0, 0.05) is 16.5 Å². The summed E-state index contributed by atoms with van der Waals surface area (Å²) < 4.78 is 13.6. The lowest BCUT2D eigenvalue weighted by Gasteiger charge is -2.17. The third kappa shape index (κ3) is 1.75. The maximum Gasteiger partial charge on any atom is 0.227 e. The first kappa shape index (κ1) is 9.89. The molecule has 1 aliphatic heterocycles. The van der Waals surface area contributed by atoms with E-state index in [9.17, 15) is 9.18 Å². The number of anilines is 1. The molecule has 0 aromatic heterocycles. The summed E-state index contributed by atoms with van der Waals surface area (Å²) >= 11 is 2.05. The fraction of sp³-hybridized carbons (Fsp3) is 0.300. The predicted octanol–water partition coefficient (Wildman–Crippen LogP) is 2.56. The van der Waals surface area contributed by atoms with Crippen LogP contribution in [0.15, 0.2) is 18.2 Å². The van der Waals surface area contributed by atoms with E-state index in [1.807, 2.05) is 0 Å². The minimum absolute atomic E-state index is 0.134. The highest BCUT2D eigenvalue weighted by Crippen LogP contribution is 2.27. The molecule has 0 bridgehead atoms. The molecule has 0 saturated carbocycles. The van der Waals surface area contributed by atoms with Gasteiger partial charge in [-0.2, -0.15) is 0 Å². The Balaban J connectivity index is 2.36. The van der Waals surface area contributed by atoms with Crippen molar-refractivity contribution in [3.63, 3.8) is 0 Å². The molecule has 0 radical (unpaired) electrons. The van der Waals surface area contributed by atoms with Gasteiger partial charge >= 0.3 is 0 Å². The maximum absolute atomic E-state index is 12.8. The maximum atomic E-state index is 12.8. The van der Waals surface area contributed by atoms with Crippen LogP contribution in [0, 0.1) is 9.39 Å². The van der Waals surface area contributed by atoms with Crippen molar-refractivity contribution in [1.29, 1.82) is 0 Å². The largest absolute Gasteiger partial charge is 0.311 e. The highest BCUT2D eigenvalue weighted by atomic mass is 127. The van der Waals surface area contributed by atoms with E-state index >= 15 is 0 Å². The predicted molar refractivity (Wildman–Crippen MR) is 60.7 cm³/mol. The Morgan fingerprint density at radius 2 is 2.21 bits per heavy atom. The molecule has 0 atom stereocenters. The fourth-order valence-electron chi connectivity index (χ4n) is 1.60. The van der Waals surface area contributed by atoms with E-state index in [4.69, 9.17) is 0 Å². The monoisotopic (exact) mass is 305 g/mol. The van der Waals surface area contributed by atoms with Crippen LogP contribution < -0.4 is 4.90 Å². The average Bonchev–Trinajstić information content (AvgIpc) is 2.52. The van der Waals surface area contributed by atoms with Gasteiger partial charge in [-0.05, 0) is 47.2 Å². The standard InChI is InChI=1S/C10H9FINO/c11-7-3-4-9(8(12)6-7)13-5-1-2-10(13)14/h3-4,6H,1-2,5H2. The number of rotatable bonds is 1. The molecule has 1 fully saturated rings. The van der Waals surface area contributed by atoms with E-state index < -0.39 is 0 Å². The summed E-state index contributed by atoms with van der Waals surface area (Å²) in [4.78, 5) is 13.2. The Morgan fingerprint density at radius 1 is 1.43 bits per heavy atom. The van der Waals surface area contributed by atoms with Crippen molar-refractivity contribution in [3.05, 3.63) is 27.6 Å². The van der Waals surface area contributed by atoms with Crippen LogP contribution in [0.25, 0.3) is 0 Å². The minimum Gasteiger partial charge on any atom is -0.311 e. The number of carbonyl (C=O) groups is 1. The second-order valence-corrected chi connectivity index (χ2v) is 4.41. The average molecular weight is 305 g/mol. The minimum atomic E-state index is -0.259. The smallest absolute Gasteiger partial charge is 0.227 e. The van der Waals surface area contributed by atoms with Crippen molar-refractivity contribution in [2.24, 2.45) is 0 Å². The van der Waals surface area contributed by atoms with E-state index in [1.165, 1.54) is 12.1 Å². The van der Waals surface area contributed by atoms with Gasteiger partial charge in [-0.15, -0.1) is 0 Å². The normalized spacial score (nSPS) is 16.4. The molecule has 1 amide bonds. The third-order valence-corrected chi connectivity index (χ3v) is 3.14. The Hall–Kier alpha value is -0.650. The molecular weight excluding hydrogens is 296 g/mol. The van der Waals surface area contributed by atoms with Crippen LogP contribution in [0.2, 0.25) is 0 Å². The van der Waals surface area contributed by atoms with E-state index in [-0.39, 0.29) is 11.7 Å². The van der Waals surface area contributed by atoms with Gasteiger partial charge in [0.05, 0.1) is 5.69 Å². The van der Waals surface area contributed by atoms with E-state index in [1.54, 1.807) is 11.0 Å². The molecule has 74 valence electrons. The second-order valence-electron chi connectivity index (χ2n) is 3.24. The molecule has 2 rings (SSSR count). The molecule has 0 unspecified atom stereocenters. The van der Waals surface area contributed by atoms with Gasteiger partial charge in [0.15, 0.2) is 0 Å². The Morgan fingerprint density at radius 3 is 2.79 bits per heavy atom. The van der Waals surface area contributed by atoms with Gasteiger partial charge in [-0.1, -0.05) is 0 Å². The van der Waals surface area contributed by atoms with Crippen molar-refractivity contribution < 1.29 is 9.18 Å². The van der Waals surface area contributed by atoms with Crippen LogP contribution in [0.4, 0.5) is 10.1 Å². The molecule has 1 heterocycles. The third-order valence-electron chi connectivity index (χ3n) is 2.27. The van der Waals surface area contributed by atoms with Crippen LogP contribution in [-0.4, -0.2) is 12.5 Å². The zero-order valence-electron chi connectivity index (χ0n) is 7.46. The molecule has 1 saturated heterocycles. The highest BCUT2D eigenvalue weighted by Gasteiger charge is 2.23. The molecule has 14 heavy (non-hydrogen) atoms. The molecule has 1 aromatic rings. The second kappa shape index (κ2) is 3.84. The summed E-state index contributed by atoms with van der Waals surface area (Å²) in [6, 6.07) is 4.50. The van der Waals surface area contributed by atoms with Gasteiger partial charge < -0.3 is 4.90 Å². The molecule has 1 aromatic carbocycles. The zero-order chi connectivity index (χ0) is 10.1. The number of hydrogen-bond donors (Lipinski definition) is 0. The number of amides is 1. The molecule has 4 heteroatoms. The van der Waals surface area contributed by atoms with Gasteiger partial charge in [0.1, 0.15) is 5.82 Å². The lowest BCUT2D eigenvalue weighted by molar-refractivity contribution is -0.117. The lowest BCUT2D eigenvalue weighted by atomic mass is 10.3. The van der Waals surface area contributed by atoms with Crippen molar-refractivity contribution >= 4 is 34.2 Å². The summed E-state index contributed by atoms with van der Waals surface area (Å²) in [5.41, 5.74) is 0.828. The SMILES string of the molecule is O=C1CCCN1c1ccc(F)cc1I. The van der Waals surface area contributed by atoms with Crippen molar-refractivity contribution in [2.75, 3.05) is 11.4 Å². The Bertz CT molecular complexity index is 380. The molecule has 2 nitrogen and oxygen atoms in total. The first-order chi connectivity index (χ1) is 6.68. The first-order valence-corrected chi connectivity index (χ1v) is 5.52. The van der Waals surface area contributed by atoms with Crippen LogP contribution in [0.1, 0.15) is 12.8 Å². The number of carbonyl (C=O) groups excluding carboxylic acids is 1. The first-order valence-electron chi connectivity index (χ1n) is 4.44. The van der Waals surface area contributed by atoms with Gasteiger partial charge in [-0.25, -0.2) is 4.39 Å². The van der Waals surface area contributed by atoms with Crippen LogP contribution in [0.3, 0.4) is 0 Å². The van der Waals surface area contributed by atoms with E-state index in [0.717, 1.165) is 22.2 Å². The molecule has 1 aliphatic rings.